The van der Waals surface area contributed by atoms with Crippen LogP contribution in [0.4, 0.5) is 5.69 Å². The molecule has 0 bridgehead atoms. The number of carbonyl (C=O) groups is 3. The number of amides is 2. The Morgan fingerprint density at radius 1 is 1.29 bits per heavy atom. The molecule has 2 amide bonds. The summed E-state index contributed by atoms with van der Waals surface area (Å²) in [6.07, 6.45) is 0.469. The third kappa shape index (κ3) is 5.08. The van der Waals surface area contributed by atoms with Crippen LogP contribution in [0.3, 0.4) is 0 Å². The van der Waals surface area contributed by atoms with Crippen molar-refractivity contribution < 1.29 is 27.5 Å². The Morgan fingerprint density at radius 3 is 2.50 bits per heavy atom. The van der Waals surface area contributed by atoms with Crippen molar-refractivity contribution in [1.82, 2.24) is 5.32 Å². The van der Waals surface area contributed by atoms with Crippen LogP contribution in [0.5, 0.6) is 0 Å². The van der Waals surface area contributed by atoms with Crippen molar-refractivity contribution in [1.29, 1.82) is 0 Å². The maximum atomic E-state index is 12.4. The Bertz CT molecular complexity index is 904. The Hall–Kier alpha value is -2.46. The lowest BCUT2D eigenvalue weighted by Crippen LogP contribution is -2.45. The van der Waals surface area contributed by atoms with E-state index in [9.17, 15) is 22.8 Å². The van der Waals surface area contributed by atoms with Crippen LogP contribution in [0.15, 0.2) is 23.1 Å². The fourth-order valence-corrected chi connectivity index (χ4v) is 3.19. The second-order valence-corrected chi connectivity index (χ2v) is 9.25. The predicted octanol–water partition coefficient (Wildman–Crippen LogP) is 0.317. The van der Waals surface area contributed by atoms with Gasteiger partial charge in [0.2, 0.25) is 15.9 Å². The van der Waals surface area contributed by atoms with E-state index in [-0.39, 0.29) is 10.8 Å². The van der Waals surface area contributed by atoms with Gasteiger partial charge in [-0.15, -0.1) is 0 Å². The maximum absolute atomic E-state index is 12.4. The summed E-state index contributed by atoms with van der Waals surface area (Å²) in [6.45, 7) is 6.50. The molecular weight excluding hydrogens is 386 g/mol. The highest BCUT2D eigenvalue weighted by molar-refractivity contribution is 7.89. The summed E-state index contributed by atoms with van der Waals surface area (Å²) in [4.78, 5) is 37.8. The SMILES string of the molecule is CC(NC(=O)C(C)(C)C)C(=O)OCC(=O)N1CCc2cc(S(N)(=O)=O)ccc21. The molecule has 1 atom stereocenters. The van der Waals surface area contributed by atoms with Crippen molar-refractivity contribution in [2.75, 3.05) is 18.1 Å². The Morgan fingerprint density at radius 2 is 1.93 bits per heavy atom. The minimum absolute atomic E-state index is 0.0182. The van der Waals surface area contributed by atoms with Gasteiger partial charge < -0.3 is 15.0 Å². The fourth-order valence-electron chi connectivity index (χ4n) is 2.62. The lowest BCUT2D eigenvalue weighted by Gasteiger charge is -2.21. The van der Waals surface area contributed by atoms with Crippen LogP contribution < -0.4 is 15.4 Å². The molecule has 0 radical (unpaired) electrons. The third-order valence-corrected chi connectivity index (χ3v) is 5.21. The number of primary sulfonamides is 1. The van der Waals surface area contributed by atoms with Crippen LogP contribution in [0.2, 0.25) is 0 Å². The summed E-state index contributed by atoms with van der Waals surface area (Å²) in [6, 6.07) is 3.39. The Balaban J connectivity index is 1.97. The Kier molecular flexibility index (Phi) is 6.15. The summed E-state index contributed by atoms with van der Waals surface area (Å²) in [5.74, 6) is -1.46. The van der Waals surface area contributed by atoms with Crippen LogP contribution in [0, 0.1) is 5.41 Å². The summed E-state index contributed by atoms with van der Waals surface area (Å²) in [5, 5.41) is 7.66. The molecule has 1 aliphatic heterocycles. The van der Waals surface area contributed by atoms with Crippen molar-refractivity contribution in [2.24, 2.45) is 10.6 Å². The molecule has 2 rings (SSSR count). The van der Waals surface area contributed by atoms with E-state index in [1.54, 1.807) is 20.8 Å². The van der Waals surface area contributed by atoms with Gasteiger partial charge in [0.05, 0.1) is 4.90 Å². The van der Waals surface area contributed by atoms with E-state index in [1.165, 1.54) is 30.0 Å². The van der Waals surface area contributed by atoms with E-state index in [1.807, 2.05) is 0 Å². The van der Waals surface area contributed by atoms with Gasteiger partial charge in [-0.1, -0.05) is 20.8 Å². The van der Waals surface area contributed by atoms with Gasteiger partial charge in [0.25, 0.3) is 5.91 Å². The molecule has 0 fully saturated rings. The number of esters is 1. The van der Waals surface area contributed by atoms with Crippen molar-refractivity contribution in [3.05, 3.63) is 23.8 Å². The number of nitrogens with zero attached hydrogens (tertiary/aromatic N) is 1. The average Bonchev–Trinajstić information content (AvgIpc) is 3.00. The van der Waals surface area contributed by atoms with Gasteiger partial charge in [0, 0.05) is 17.6 Å². The zero-order valence-electron chi connectivity index (χ0n) is 16.3. The molecular formula is C18H25N3O6S. The summed E-state index contributed by atoms with van der Waals surface area (Å²) < 4.78 is 27.9. The minimum Gasteiger partial charge on any atom is -0.454 e. The van der Waals surface area contributed by atoms with Crippen molar-refractivity contribution >= 4 is 33.5 Å². The van der Waals surface area contributed by atoms with E-state index in [0.29, 0.717) is 24.2 Å². The number of sulfonamides is 1. The molecule has 1 unspecified atom stereocenters. The second kappa shape index (κ2) is 7.88. The largest absolute Gasteiger partial charge is 0.454 e. The summed E-state index contributed by atoms with van der Waals surface area (Å²) >= 11 is 0. The number of nitrogens with one attached hydrogen (secondary N) is 1. The molecule has 28 heavy (non-hydrogen) atoms. The smallest absolute Gasteiger partial charge is 0.328 e. The minimum atomic E-state index is -3.82. The molecule has 10 heteroatoms. The molecule has 154 valence electrons. The van der Waals surface area contributed by atoms with Gasteiger partial charge in [0.15, 0.2) is 6.61 Å². The van der Waals surface area contributed by atoms with Crippen LogP contribution in [-0.4, -0.2) is 45.4 Å². The monoisotopic (exact) mass is 411 g/mol. The van der Waals surface area contributed by atoms with E-state index in [2.05, 4.69) is 5.32 Å². The first-order valence-corrected chi connectivity index (χ1v) is 10.3. The molecule has 0 aromatic heterocycles. The zero-order chi connectivity index (χ0) is 21.3. The number of hydrogen-bond donors (Lipinski definition) is 2. The van der Waals surface area contributed by atoms with E-state index in [4.69, 9.17) is 9.88 Å². The van der Waals surface area contributed by atoms with Crippen molar-refractivity contribution in [2.45, 2.75) is 45.1 Å². The third-order valence-electron chi connectivity index (χ3n) is 4.30. The second-order valence-electron chi connectivity index (χ2n) is 7.68. The molecule has 0 saturated heterocycles. The number of ether oxygens (including phenoxy) is 1. The molecule has 1 aliphatic rings. The lowest BCUT2D eigenvalue weighted by atomic mass is 9.95. The van der Waals surface area contributed by atoms with Gasteiger partial charge in [-0.05, 0) is 37.1 Å². The first-order valence-electron chi connectivity index (χ1n) is 8.74. The highest BCUT2D eigenvalue weighted by atomic mass is 32.2. The zero-order valence-corrected chi connectivity index (χ0v) is 17.1. The van der Waals surface area contributed by atoms with Crippen LogP contribution in [0.25, 0.3) is 0 Å². The van der Waals surface area contributed by atoms with Crippen LogP contribution in [-0.2, 0) is 35.6 Å². The molecule has 0 aliphatic carbocycles. The number of hydrogen-bond acceptors (Lipinski definition) is 6. The highest BCUT2D eigenvalue weighted by Crippen LogP contribution is 2.30. The molecule has 0 saturated carbocycles. The number of nitrogens with two attached hydrogens (primary N) is 1. The number of carbonyl (C=O) groups excluding carboxylic acids is 3. The van der Waals surface area contributed by atoms with Crippen LogP contribution in [0.1, 0.15) is 33.3 Å². The molecule has 3 N–H and O–H groups in total. The molecule has 1 aromatic rings. The van der Waals surface area contributed by atoms with Gasteiger partial charge in [-0.3, -0.25) is 9.59 Å². The van der Waals surface area contributed by atoms with Gasteiger partial charge in [-0.25, -0.2) is 18.4 Å². The number of anilines is 1. The van der Waals surface area contributed by atoms with Gasteiger partial charge >= 0.3 is 5.97 Å². The lowest BCUT2D eigenvalue weighted by molar-refractivity contribution is -0.151. The number of rotatable bonds is 5. The number of benzene rings is 1. The van der Waals surface area contributed by atoms with E-state index >= 15 is 0 Å². The maximum Gasteiger partial charge on any atom is 0.328 e. The van der Waals surface area contributed by atoms with E-state index < -0.39 is 40.0 Å². The highest BCUT2D eigenvalue weighted by Gasteiger charge is 2.29. The summed E-state index contributed by atoms with van der Waals surface area (Å²) in [5.41, 5.74) is 0.582. The van der Waals surface area contributed by atoms with Crippen molar-refractivity contribution in [3.8, 4) is 0 Å². The molecule has 9 nitrogen and oxygen atoms in total. The normalized spacial score (nSPS) is 15.0. The topological polar surface area (TPSA) is 136 Å². The quantitative estimate of drug-likeness (QED) is 0.670. The van der Waals surface area contributed by atoms with Crippen LogP contribution >= 0.6 is 0 Å². The Labute approximate surface area is 164 Å². The van der Waals surface area contributed by atoms with Gasteiger partial charge in [0.1, 0.15) is 6.04 Å². The van der Waals surface area contributed by atoms with E-state index in [0.717, 1.165) is 0 Å². The molecule has 0 spiro atoms. The standard InChI is InChI=1S/C18H25N3O6S/c1-11(20-17(24)18(2,3)4)16(23)27-10-15(22)21-8-7-12-9-13(28(19,25)26)5-6-14(12)21/h5-6,9,11H,7-8,10H2,1-4H3,(H,20,24)(H2,19,25,26). The first-order chi connectivity index (χ1) is 12.8. The average molecular weight is 411 g/mol. The first kappa shape index (κ1) is 21.8. The number of fused-ring (bicyclic) bond motifs is 1. The fraction of sp³-hybridized carbons (Fsp3) is 0.500. The predicted molar refractivity (Wildman–Crippen MR) is 102 cm³/mol. The van der Waals surface area contributed by atoms with Gasteiger partial charge in [-0.2, -0.15) is 0 Å². The molecule has 1 heterocycles. The molecule has 1 aromatic carbocycles. The summed E-state index contributed by atoms with van der Waals surface area (Å²) in [7, 11) is -3.82. The van der Waals surface area contributed by atoms with Crippen molar-refractivity contribution in [3.63, 3.8) is 0 Å².